The normalized spacial score (nSPS) is 18.2. The Hall–Kier alpha value is -2.21. The zero-order chi connectivity index (χ0) is 18.5. The first-order chi connectivity index (χ1) is 12.5. The summed E-state index contributed by atoms with van der Waals surface area (Å²) in [6, 6.07) is 8.82. The molecule has 0 bridgehead atoms. The third-order valence-electron chi connectivity index (χ3n) is 4.92. The minimum atomic E-state index is -0.141. The molecule has 1 amide bonds. The van der Waals surface area contributed by atoms with Crippen LogP contribution in [0.1, 0.15) is 54.3 Å². The highest BCUT2D eigenvalue weighted by molar-refractivity contribution is 5.91. The molecule has 0 radical (unpaired) electrons. The van der Waals surface area contributed by atoms with Gasteiger partial charge < -0.3 is 5.32 Å². The number of aryl methyl sites for hydroxylation is 1. The van der Waals surface area contributed by atoms with Crippen LogP contribution in [0.25, 0.3) is 0 Å². The molecule has 0 unspecified atom stereocenters. The second-order valence-corrected chi connectivity index (χ2v) is 7.65. The van der Waals surface area contributed by atoms with Crippen LogP contribution in [0.4, 0.5) is 0 Å². The molecule has 6 nitrogen and oxygen atoms in total. The fraction of sp³-hybridized carbons (Fsp3) is 0.550. The zero-order valence-corrected chi connectivity index (χ0v) is 16.0. The van der Waals surface area contributed by atoms with Gasteiger partial charge in [-0.1, -0.05) is 43.3 Å². The lowest BCUT2D eigenvalue weighted by atomic mass is 10.0. The summed E-state index contributed by atoms with van der Waals surface area (Å²) in [5.74, 6) is 0.278. The maximum atomic E-state index is 12.2. The van der Waals surface area contributed by atoms with Crippen molar-refractivity contribution in [3.63, 3.8) is 0 Å². The maximum absolute atomic E-state index is 12.2. The van der Waals surface area contributed by atoms with E-state index in [1.165, 1.54) is 11.1 Å². The van der Waals surface area contributed by atoms with Gasteiger partial charge in [0.1, 0.15) is 0 Å². The van der Waals surface area contributed by atoms with Gasteiger partial charge in [-0.05, 0) is 43.4 Å². The number of carbonyl (C=O) groups is 1. The van der Waals surface area contributed by atoms with E-state index in [4.69, 9.17) is 0 Å². The van der Waals surface area contributed by atoms with Gasteiger partial charge >= 0.3 is 0 Å². The molecule has 1 fully saturated rings. The molecule has 0 spiro atoms. The van der Waals surface area contributed by atoms with Crippen molar-refractivity contribution < 1.29 is 4.79 Å². The lowest BCUT2D eigenvalue weighted by Gasteiger charge is -2.32. The molecule has 0 saturated carbocycles. The molecule has 1 aliphatic heterocycles. The summed E-state index contributed by atoms with van der Waals surface area (Å²) < 4.78 is 1.87. The van der Waals surface area contributed by atoms with Gasteiger partial charge in [0, 0.05) is 19.6 Å². The SMILES string of the molecule is Cc1ccccc1CN1CCC[C@H](n2cc(C(=O)NCC(C)C)nn2)C1. The largest absolute Gasteiger partial charge is 0.350 e. The molecule has 140 valence electrons. The Balaban J connectivity index is 1.61. The number of nitrogens with one attached hydrogen (secondary N) is 1. The van der Waals surface area contributed by atoms with Crippen LogP contribution in [-0.4, -0.2) is 45.4 Å². The van der Waals surface area contributed by atoms with Crippen molar-refractivity contribution in [3.8, 4) is 0 Å². The third kappa shape index (κ3) is 4.69. The van der Waals surface area contributed by atoms with Crippen molar-refractivity contribution in [1.29, 1.82) is 0 Å². The summed E-state index contributed by atoms with van der Waals surface area (Å²) in [5.41, 5.74) is 3.11. The molecule has 1 N–H and O–H groups in total. The van der Waals surface area contributed by atoms with Crippen molar-refractivity contribution >= 4 is 5.91 Å². The highest BCUT2D eigenvalue weighted by atomic mass is 16.2. The van der Waals surface area contributed by atoms with Gasteiger partial charge in [-0.15, -0.1) is 5.10 Å². The highest BCUT2D eigenvalue weighted by Gasteiger charge is 2.23. The third-order valence-corrected chi connectivity index (χ3v) is 4.92. The fourth-order valence-corrected chi connectivity index (χ4v) is 3.37. The van der Waals surface area contributed by atoms with E-state index in [1.54, 1.807) is 6.20 Å². The van der Waals surface area contributed by atoms with E-state index in [2.05, 4.69) is 65.6 Å². The Morgan fingerprint density at radius 2 is 2.15 bits per heavy atom. The van der Waals surface area contributed by atoms with Crippen LogP contribution in [0, 0.1) is 12.8 Å². The van der Waals surface area contributed by atoms with Crippen LogP contribution in [0.5, 0.6) is 0 Å². The maximum Gasteiger partial charge on any atom is 0.273 e. The molecule has 1 aromatic heterocycles. The van der Waals surface area contributed by atoms with E-state index in [1.807, 2.05) is 4.68 Å². The van der Waals surface area contributed by atoms with Crippen LogP contribution in [0.2, 0.25) is 0 Å². The lowest BCUT2D eigenvalue weighted by molar-refractivity contribution is 0.0944. The summed E-state index contributed by atoms with van der Waals surface area (Å²) in [6.07, 6.45) is 3.99. The van der Waals surface area contributed by atoms with E-state index < -0.39 is 0 Å². The number of piperidine rings is 1. The standard InChI is InChI=1S/C20H29N5O/c1-15(2)11-21-20(26)19-14-25(23-22-19)18-9-6-10-24(13-18)12-17-8-5-4-7-16(17)3/h4-5,7-8,14-15,18H,6,9-13H2,1-3H3,(H,21,26)/t18-/m0/s1. The summed E-state index contributed by atoms with van der Waals surface area (Å²) in [6.45, 7) is 9.95. The number of nitrogens with zero attached hydrogens (tertiary/aromatic N) is 4. The minimum Gasteiger partial charge on any atom is -0.350 e. The summed E-state index contributed by atoms with van der Waals surface area (Å²) in [7, 11) is 0. The first-order valence-electron chi connectivity index (χ1n) is 9.50. The van der Waals surface area contributed by atoms with Gasteiger partial charge in [0.25, 0.3) is 5.91 Å². The van der Waals surface area contributed by atoms with Gasteiger partial charge in [0.05, 0.1) is 12.2 Å². The molecule has 1 saturated heterocycles. The van der Waals surface area contributed by atoms with Crippen LogP contribution < -0.4 is 5.32 Å². The quantitative estimate of drug-likeness (QED) is 0.865. The van der Waals surface area contributed by atoms with Gasteiger partial charge in [-0.2, -0.15) is 0 Å². The summed E-state index contributed by atoms with van der Waals surface area (Å²) in [5, 5.41) is 11.2. The van der Waals surface area contributed by atoms with E-state index in [9.17, 15) is 4.79 Å². The van der Waals surface area contributed by atoms with E-state index in [0.717, 1.165) is 32.5 Å². The predicted molar refractivity (Wildman–Crippen MR) is 102 cm³/mol. The molecule has 6 heteroatoms. The summed E-state index contributed by atoms with van der Waals surface area (Å²) >= 11 is 0. The molecule has 3 rings (SSSR count). The molecule has 1 atom stereocenters. The number of likely N-dealkylation sites (tertiary alicyclic amines) is 1. The molecular weight excluding hydrogens is 326 g/mol. The Morgan fingerprint density at radius 3 is 2.92 bits per heavy atom. The summed E-state index contributed by atoms with van der Waals surface area (Å²) in [4.78, 5) is 14.6. The number of rotatable bonds is 6. The van der Waals surface area contributed by atoms with Gasteiger partial charge in [0.2, 0.25) is 0 Å². The number of carbonyl (C=O) groups excluding carboxylic acids is 1. The Labute approximate surface area is 155 Å². The van der Waals surface area contributed by atoms with Crippen LogP contribution >= 0.6 is 0 Å². The molecular formula is C20H29N5O. The molecule has 2 aromatic rings. The van der Waals surface area contributed by atoms with Crippen molar-refractivity contribution in [2.75, 3.05) is 19.6 Å². The van der Waals surface area contributed by atoms with Gasteiger partial charge in [0.15, 0.2) is 5.69 Å². The van der Waals surface area contributed by atoms with Gasteiger partial charge in [-0.25, -0.2) is 4.68 Å². The van der Waals surface area contributed by atoms with Crippen molar-refractivity contribution in [3.05, 3.63) is 47.3 Å². The van der Waals surface area contributed by atoms with Crippen molar-refractivity contribution in [1.82, 2.24) is 25.2 Å². The second-order valence-electron chi connectivity index (χ2n) is 7.65. The molecule has 26 heavy (non-hydrogen) atoms. The first-order valence-corrected chi connectivity index (χ1v) is 9.50. The number of benzene rings is 1. The Bertz CT molecular complexity index is 739. The monoisotopic (exact) mass is 355 g/mol. The van der Waals surface area contributed by atoms with E-state index in [-0.39, 0.29) is 11.9 Å². The molecule has 0 aliphatic carbocycles. The highest BCUT2D eigenvalue weighted by Crippen LogP contribution is 2.23. The average Bonchev–Trinajstić information content (AvgIpc) is 3.12. The zero-order valence-electron chi connectivity index (χ0n) is 16.0. The van der Waals surface area contributed by atoms with Gasteiger partial charge in [-0.3, -0.25) is 9.69 Å². The van der Waals surface area contributed by atoms with Crippen LogP contribution in [0.15, 0.2) is 30.5 Å². The number of amides is 1. The lowest BCUT2D eigenvalue weighted by Crippen LogP contribution is -2.36. The van der Waals surface area contributed by atoms with Crippen molar-refractivity contribution in [2.45, 2.75) is 46.2 Å². The smallest absolute Gasteiger partial charge is 0.273 e. The molecule has 2 heterocycles. The average molecular weight is 355 g/mol. The first kappa shape index (κ1) is 18.6. The minimum absolute atomic E-state index is 0.141. The number of aromatic nitrogens is 3. The van der Waals surface area contributed by atoms with E-state index >= 15 is 0 Å². The number of hydrogen-bond acceptors (Lipinski definition) is 4. The fourth-order valence-electron chi connectivity index (χ4n) is 3.37. The van der Waals surface area contributed by atoms with Crippen molar-refractivity contribution in [2.24, 2.45) is 5.92 Å². The Kier molecular flexibility index (Phi) is 6.04. The van der Waals surface area contributed by atoms with E-state index in [0.29, 0.717) is 18.2 Å². The van der Waals surface area contributed by atoms with Crippen LogP contribution in [-0.2, 0) is 6.54 Å². The second kappa shape index (κ2) is 8.45. The topological polar surface area (TPSA) is 63.1 Å². The molecule has 1 aromatic carbocycles. The Morgan fingerprint density at radius 1 is 1.35 bits per heavy atom. The van der Waals surface area contributed by atoms with Crippen LogP contribution in [0.3, 0.4) is 0 Å². The molecule has 1 aliphatic rings. The predicted octanol–water partition coefficient (Wildman–Crippen LogP) is 2.81. The number of hydrogen-bond donors (Lipinski definition) is 1.